The Morgan fingerprint density at radius 3 is 2.70 bits per heavy atom. The number of aromatic nitrogens is 1. The van der Waals surface area contributed by atoms with Crippen LogP contribution in [0.2, 0.25) is 0 Å². The highest BCUT2D eigenvalue weighted by molar-refractivity contribution is 5.96. The number of amides is 2. The fraction of sp³-hybridized carbons (Fsp3) is 0.296. The molecule has 1 aliphatic heterocycles. The Labute approximate surface area is 194 Å². The first-order valence-corrected chi connectivity index (χ1v) is 11.3. The van der Waals surface area contributed by atoms with Gasteiger partial charge in [-0.05, 0) is 49.4 Å². The van der Waals surface area contributed by atoms with Crippen LogP contribution in [-0.2, 0) is 11.2 Å². The lowest BCUT2D eigenvalue weighted by molar-refractivity contribution is -0.130. The second-order valence-electron chi connectivity index (χ2n) is 8.83. The van der Waals surface area contributed by atoms with E-state index >= 15 is 0 Å². The van der Waals surface area contributed by atoms with Crippen LogP contribution in [-0.4, -0.2) is 41.3 Å². The minimum atomic E-state index is -0.695. The van der Waals surface area contributed by atoms with Crippen molar-refractivity contribution < 1.29 is 9.59 Å². The Bertz CT molecular complexity index is 1180. The van der Waals surface area contributed by atoms with E-state index in [1.54, 1.807) is 11.0 Å². The topological polar surface area (TPSA) is 88.3 Å². The highest BCUT2D eigenvalue weighted by Crippen LogP contribution is 2.38. The van der Waals surface area contributed by atoms with Crippen LogP contribution in [0.5, 0.6) is 0 Å². The number of pyridine rings is 1. The van der Waals surface area contributed by atoms with Gasteiger partial charge in [0.15, 0.2) is 0 Å². The lowest BCUT2D eigenvalue weighted by atomic mass is 9.78. The van der Waals surface area contributed by atoms with Crippen molar-refractivity contribution in [1.29, 1.82) is 0 Å². The molecule has 2 amide bonds. The molecule has 0 radical (unpaired) electrons. The van der Waals surface area contributed by atoms with Crippen LogP contribution in [0.15, 0.2) is 67.0 Å². The maximum atomic E-state index is 13.4. The molecule has 6 heteroatoms. The van der Waals surface area contributed by atoms with Gasteiger partial charge in [0.2, 0.25) is 5.91 Å². The van der Waals surface area contributed by atoms with Crippen molar-refractivity contribution >= 4 is 17.5 Å². The first-order valence-electron chi connectivity index (χ1n) is 11.3. The zero-order chi connectivity index (χ0) is 23.4. The van der Waals surface area contributed by atoms with E-state index in [1.807, 2.05) is 19.1 Å². The molecule has 6 nitrogen and oxygen atoms in total. The summed E-state index contributed by atoms with van der Waals surface area (Å²) in [7, 11) is 0. The molecular weight excluding hydrogens is 412 g/mol. The quantitative estimate of drug-likeness (QED) is 0.607. The number of likely N-dealkylation sites (tertiary alicyclic amines) is 1. The number of hydrogen-bond donors (Lipinski definition) is 2. The average Bonchev–Trinajstić information content (AvgIpc) is 3.24. The maximum Gasteiger partial charge on any atom is 0.255 e. The third-order valence-corrected chi connectivity index (χ3v) is 6.34. The van der Waals surface area contributed by atoms with Gasteiger partial charge in [0, 0.05) is 32.0 Å². The number of nitrogen functional groups attached to an aromatic ring is 1. The molecule has 1 saturated heterocycles. The number of carbonyl (C=O) groups excluding carboxylic acids is 2. The number of nitrogens with zero attached hydrogens (tertiary/aromatic N) is 2. The average molecular weight is 443 g/mol. The molecule has 1 fully saturated rings. The summed E-state index contributed by atoms with van der Waals surface area (Å²) in [6, 6.07) is 18.3. The Balaban J connectivity index is 1.66. The number of nitrogens with one attached hydrogen (secondary N) is 1. The molecule has 1 atom stereocenters. The summed E-state index contributed by atoms with van der Waals surface area (Å²) in [6.45, 7) is 5.41. The normalized spacial score (nSPS) is 17.7. The van der Waals surface area contributed by atoms with E-state index in [-0.39, 0.29) is 11.8 Å². The van der Waals surface area contributed by atoms with Crippen LogP contribution in [0.4, 0.5) is 5.69 Å². The number of rotatable bonds is 6. The maximum absolute atomic E-state index is 13.4. The summed E-state index contributed by atoms with van der Waals surface area (Å²) in [5, 5.41) is 3.02. The van der Waals surface area contributed by atoms with Gasteiger partial charge >= 0.3 is 0 Å². The minimum absolute atomic E-state index is 0.00922. The molecule has 2 aromatic carbocycles. The number of benzene rings is 2. The van der Waals surface area contributed by atoms with E-state index < -0.39 is 5.41 Å². The Hall–Kier alpha value is -3.67. The second-order valence-corrected chi connectivity index (χ2v) is 8.83. The second kappa shape index (κ2) is 9.45. The Morgan fingerprint density at radius 2 is 1.94 bits per heavy atom. The van der Waals surface area contributed by atoms with E-state index in [4.69, 9.17) is 5.73 Å². The molecular formula is C27H30N4O2. The monoisotopic (exact) mass is 442 g/mol. The first-order chi connectivity index (χ1) is 15.9. The highest BCUT2D eigenvalue weighted by atomic mass is 16.2. The number of hydrogen-bond acceptors (Lipinski definition) is 4. The van der Waals surface area contributed by atoms with Crippen LogP contribution >= 0.6 is 0 Å². The predicted molar refractivity (Wildman–Crippen MR) is 131 cm³/mol. The summed E-state index contributed by atoms with van der Waals surface area (Å²) in [6.07, 6.45) is 4.20. The van der Waals surface area contributed by atoms with Crippen molar-refractivity contribution in [3.05, 3.63) is 83.7 Å². The molecule has 2 heterocycles. The molecule has 1 unspecified atom stereocenters. The molecule has 0 bridgehead atoms. The van der Waals surface area contributed by atoms with Gasteiger partial charge in [-0.2, -0.15) is 0 Å². The standard InChI is InChI=1S/C27H30N4O2/c1-3-30-26(33)27(11-12-31(18-27)25(32)22-14-23(28)17-29-16-22)15-21-8-4-5-10-24(21)20-9-6-7-19(2)13-20/h4-10,13-14,16-17H,3,11-12,15,18,28H2,1-2H3,(H,30,33). The number of anilines is 1. The van der Waals surface area contributed by atoms with E-state index in [9.17, 15) is 9.59 Å². The third-order valence-electron chi connectivity index (χ3n) is 6.34. The fourth-order valence-corrected chi connectivity index (χ4v) is 4.69. The van der Waals surface area contributed by atoms with Gasteiger partial charge in [-0.3, -0.25) is 14.6 Å². The van der Waals surface area contributed by atoms with Gasteiger partial charge in [0.25, 0.3) is 5.91 Å². The number of aryl methyl sites for hydroxylation is 1. The summed E-state index contributed by atoms with van der Waals surface area (Å²) in [5.41, 5.74) is 10.6. The minimum Gasteiger partial charge on any atom is -0.397 e. The van der Waals surface area contributed by atoms with E-state index in [2.05, 4.69) is 53.6 Å². The zero-order valence-electron chi connectivity index (χ0n) is 19.2. The van der Waals surface area contributed by atoms with Gasteiger partial charge in [0.1, 0.15) is 0 Å². The lowest BCUT2D eigenvalue weighted by Gasteiger charge is -2.29. The predicted octanol–water partition coefficient (Wildman–Crippen LogP) is 3.85. The molecule has 0 aliphatic carbocycles. The van der Waals surface area contributed by atoms with E-state index in [0.717, 1.165) is 16.7 Å². The number of carbonyl (C=O) groups is 2. The Kier molecular flexibility index (Phi) is 6.45. The molecule has 0 spiro atoms. The van der Waals surface area contributed by atoms with Crippen LogP contribution in [0.1, 0.15) is 34.8 Å². The SMILES string of the molecule is CCNC(=O)C1(Cc2ccccc2-c2cccc(C)c2)CCN(C(=O)c2cncc(N)c2)C1. The highest BCUT2D eigenvalue weighted by Gasteiger charge is 2.46. The fourth-order valence-electron chi connectivity index (χ4n) is 4.69. The molecule has 4 rings (SSSR count). The van der Waals surface area contributed by atoms with Crippen molar-refractivity contribution in [3.63, 3.8) is 0 Å². The van der Waals surface area contributed by atoms with Gasteiger partial charge in [-0.25, -0.2) is 0 Å². The molecule has 170 valence electrons. The van der Waals surface area contributed by atoms with E-state index in [1.165, 1.54) is 18.0 Å². The summed E-state index contributed by atoms with van der Waals surface area (Å²) in [4.78, 5) is 32.3. The zero-order valence-corrected chi connectivity index (χ0v) is 19.2. The molecule has 3 N–H and O–H groups in total. The molecule has 1 aromatic heterocycles. The van der Waals surface area contributed by atoms with Crippen molar-refractivity contribution in [3.8, 4) is 11.1 Å². The molecule has 1 aliphatic rings. The van der Waals surface area contributed by atoms with Gasteiger partial charge in [0.05, 0.1) is 16.7 Å². The number of nitrogens with two attached hydrogens (primary N) is 1. The summed E-state index contributed by atoms with van der Waals surface area (Å²) < 4.78 is 0. The van der Waals surface area contributed by atoms with Crippen LogP contribution in [0, 0.1) is 12.3 Å². The summed E-state index contributed by atoms with van der Waals surface area (Å²) in [5.74, 6) is -0.155. The largest absolute Gasteiger partial charge is 0.397 e. The van der Waals surface area contributed by atoms with Crippen molar-refractivity contribution in [2.24, 2.45) is 5.41 Å². The van der Waals surface area contributed by atoms with Gasteiger partial charge in [-0.1, -0.05) is 54.1 Å². The third kappa shape index (κ3) is 4.75. The van der Waals surface area contributed by atoms with Crippen molar-refractivity contribution in [2.45, 2.75) is 26.7 Å². The molecule has 3 aromatic rings. The van der Waals surface area contributed by atoms with Crippen LogP contribution in [0.25, 0.3) is 11.1 Å². The first kappa shape index (κ1) is 22.5. The van der Waals surface area contributed by atoms with Gasteiger partial charge in [-0.15, -0.1) is 0 Å². The van der Waals surface area contributed by atoms with Gasteiger partial charge < -0.3 is 16.0 Å². The van der Waals surface area contributed by atoms with Crippen molar-refractivity contribution in [2.75, 3.05) is 25.4 Å². The lowest BCUT2D eigenvalue weighted by Crippen LogP contribution is -2.45. The van der Waals surface area contributed by atoms with Crippen molar-refractivity contribution in [1.82, 2.24) is 15.2 Å². The smallest absolute Gasteiger partial charge is 0.255 e. The van der Waals surface area contributed by atoms with E-state index in [0.29, 0.717) is 43.7 Å². The summed E-state index contributed by atoms with van der Waals surface area (Å²) >= 11 is 0. The van der Waals surface area contributed by atoms with Crippen LogP contribution in [0.3, 0.4) is 0 Å². The molecule has 33 heavy (non-hydrogen) atoms. The van der Waals surface area contributed by atoms with Crippen LogP contribution < -0.4 is 11.1 Å². The molecule has 0 saturated carbocycles. The Morgan fingerprint density at radius 1 is 1.12 bits per heavy atom.